The monoisotopic (exact) mass is 290 g/mol. The highest BCUT2D eigenvalue weighted by molar-refractivity contribution is 7.15. The van der Waals surface area contributed by atoms with Crippen molar-refractivity contribution < 1.29 is 9.59 Å². The van der Waals surface area contributed by atoms with E-state index in [0.29, 0.717) is 11.0 Å². The second-order valence-corrected chi connectivity index (χ2v) is 5.88. The van der Waals surface area contributed by atoms with E-state index in [1.807, 2.05) is 0 Å². The number of carbonyl (C=O) groups excluding carboxylic acids is 2. The largest absolute Gasteiger partial charge is 0.327 e. The van der Waals surface area contributed by atoms with Crippen LogP contribution in [0.2, 0.25) is 0 Å². The quantitative estimate of drug-likeness (QED) is 0.831. The Labute approximate surface area is 114 Å². The summed E-state index contributed by atoms with van der Waals surface area (Å²) >= 11 is 6.81. The number of nitrogens with one attached hydrogen (secondary N) is 2. The molecule has 6 nitrogen and oxygen atoms in total. The lowest BCUT2D eigenvalue weighted by molar-refractivity contribution is -0.119. The molecular formula is C10H15ClN4O2S. The Morgan fingerprint density at radius 3 is 2.56 bits per heavy atom. The lowest BCUT2D eigenvalue weighted by Gasteiger charge is -2.04. The van der Waals surface area contributed by atoms with Crippen LogP contribution in [-0.4, -0.2) is 27.5 Å². The number of aromatic nitrogens is 2. The molecule has 8 heteroatoms. The number of carbonyl (C=O) groups is 2. The number of hydrogen-bond donors (Lipinski definition) is 2. The summed E-state index contributed by atoms with van der Waals surface area (Å²) in [4.78, 5) is 22.6. The molecule has 1 aromatic heterocycles. The van der Waals surface area contributed by atoms with E-state index < -0.39 is 17.3 Å². The molecule has 0 bridgehead atoms. The summed E-state index contributed by atoms with van der Waals surface area (Å²) in [5.41, 5.74) is 0. The zero-order chi connectivity index (χ0) is 13.7. The van der Waals surface area contributed by atoms with Crippen LogP contribution in [0.5, 0.6) is 0 Å². The van der Waals surface area contributed by atoms with Crippen LogP contribution < -0.4 is 10.6 Å². The highest BCUT2D eigenvalue weighted by Crippen LogP contribution is 2.17. The molecule has 3 amide bonds. The lowest BCUT2D eigenvalue weighted by Crippen LogP contribution is -2.38. The van der Waals surface area contributed by atoms with Crippen LogP contribution >= 0.6 is 22.9 Å². The van der Waals surface area contributed by atoms with Gasteiger partial charge in [0.15, 0.2) is 0 Å². The average molecular weight is 291 g/mol. The zero-order valence-corrected chi connectivity index (χ0v) is 11.9. The zero-order valence-electron chi connectivity index (χ0n) is 10.4. The van der Waals surface area contributed by atoms with Crippen molar-refractivity contribution in [3.63, 3.8) is 0 Å². The molecule has 0 saturated heterocycles. The van der Waals surface area contributed by atoms with Crippen LogP contribution in [0.15, 0.2) is 0 Å². The SMILES string of the molecule is CC(C)Cc1nnc(NC(=O)NC(=O)C(C)Cl)s1. The van der Waals surface area contributed by atoms with Gasteiger partial charge in [-0.25, -0.2) is 4.79 Å². The van der Waals surface area contributed by atoms with E-state index in [0.717, 1.165) is 11.4 Å². The number of rotatable bonds is 4. The minimum absolute atomic E-state index is 0.359. The second-order valence-electron chi connectivity index (χ2n) is 4.16. The van der Waals surface area contributed by atoms with E-state index in [1.165, 1.54) is 18.3 Å². The third-order valence-corrected chi connectivity index (χ3v) is 2.93. The standard InChI is InChI=1S/C10H15ClN4O2S/c1-5(2)4-7-14-15-10(18-7)13-9(17)12-8(16)6(3)11/h5-6H,4H2,1-3H3,(H2,12,13,15,16,17). The highest BCUT2D eigenvalue weighted by atomic mass is 35.5. The van der Waals surface area contributed by atoms with Crippen molar-refractivity contribution in [2.75, 3.05) is 5.32 Å². The molecule has 1 heterocycles. The molecular weight excluding hydrogens is 276 g/mol. The summed E-state index contributed by atoms with van der Waals surface area (Å²) in [6.07, 6.45) is 0.804. The molecule has 0 spiro atoms. The maximum atomic E-state index is 11.4. The van der Waals surface area contributed by atoms with Crippen LogP contribution in [0.1, 0.15) is 25.8 Å². The Hall–Kier alpha value is -1.21. The van der Waals surface area contributed by atoms with Gasteiger partial charge in [0.25, 0.3) is 0 Å². The van der Waals surface area contributed by atoms with E-state index in [2.05, 4.69) is 34.7 Å². The average Bonchev–Trinajstić information content (AvgIpc) is 2.63. The van der Waals surface area contributed by atoms with Gasteiger partial charge in [-0.1, -0.05) is 25.2 Å². The van der Waals surface area contributed by atoms with Crippen LogP contribution in [0.3, 0.4) is 0 Å². The first-order valence-corrected chi connectivity index (χ1v) is 6.72. The molecule has 100 valence electrons. The molecule has 1 unspecified atom stereocenters. The molecule has 0 aliphatic carbocycles. The number of nitrogens with zero attached hydrogens (tertiary/aromatic N) is 2. The van der Waals surface area contributed by atoms with Crippen LogP contribution in [0, 0.1) is 5.92 Å². The second kappa shape index (κ2) is 6.65. The van der Waals surface area contributed by atoms with E-state index in [1.54, 1.807) is 0 Å². The normalized spacial score (nSPS) is 12.3. The minimum Gasteiger partial charge on any atom is -0.282 e. The molecule has 0 aromatic carbocycles. The van der Waals surface area contributed by atoms with Gasteiger partial charge in [-0.05, 0) is 12.8 Å². The van der Waals surface area contributed by atoms with Crippen molar-refractivity contribution >= 4 is 40.0 Å². The van der Waals surface area contributed by atoms with Gasteiger partial charge in [0, 0.05) is 6.42 Å². The van der Waals surface area contributed by atoms with Crippen molar-refractivity contribution in [3.8, 4) is 0 Å². The Bertz CT molecular complexity index is 433. The van der Waals surface area contributed by atoms with E-state index in [4.69, 9.17) is 11.6 Å². The highest BCUT2D eigenvalue weighted by Gasteiger charge is 2.14. The van der Waals surface area contributed by atoms with Crippen LogP contribution in [-0.2, 0) is 11.2 Å². The molecule has 1 rings (SSSR count). The Kier molecular flexibility index (Phi) is 5.49. The molecule has 0 fully saturated rings. The minimum atomic E-state index is -0.762. The Morgan fingerprint density at radius 1 is 1.33 bits per heavy atom. The first kappa shape index (κ1) is 14.8. The summed E-state index contributed by atoms with van der Waals surface area (Å²) in [6, 6.07) is -0.653. The topological polar surface area (TPSA) is 84.0 Å². The number of imide groups is 1. The molecule has 1 aromatic rings. The number of halogens is 1. The van der Waals surface area contributed by atoms with Gasteiger partial charge in [-0.2, -0.15) is 0 Å². The maximum absolute atomic E-state index is 11.4. The maximum Gasteiger partial charge on any atom is 0.327 e. The van der Waals surface area contributed by atoms with Gasteiger partial charge in [0.2, 0.25) is 11.0 Å². The third kappa shape index (κ3) is 4.97. The summed E-state index contributed by atoms with van der Waals surface area (Å²) < 4.78 is 0. The van der Waals surface area contributed by atoms with E-state index >= 15 is 0 Å². The van der Waals surface area contributed by atoms with Crippen molar-refractivity contribution in [2.45, 2.75) is 32.6 Å². The molecule has 0 radical (unpaired) electrons. The van der Waals surface area contributed by atoms with Crippen molar-refractivity contribution in [3.05, 3.63) is 5.01 Å². The Balaban J connectivity index is 2.49. The molecule has 18 heavy (non-hydrogen) atoms. The van der Waals surface area contributed by atoms with Gasteiger partial charge in [-0.15, -0.1) is 21.8 Å². The number of hydrogen-bond acceptors (Lipinski definition) is 5. The summed E-state index contributed by atoms with van der Waals surface area (Å²) in [7, 11) is 0. The summed E-state index contributed by atoms with van der Waals surface area (Å²) in [6.45, 7) is 5.62. The van der Waals surface area contributed by atoms with Gasteiger partial charge < -0.3 is 0 Å². The molecule has 2 N–H and O–H groups in total. The fourth-order valence-electron chi connectivity index (χ4n) is 1.08. The smallest absolute Gasteiger partial charge is 0.282 e. The fraction of sp³-hybridized carbons (Fsp3) is 0.600. The summed E-state index contributed by atoms with van der Waals surface area (Å²) in [5.74, 6) is -0.0839. The fourth-order valence-corrected chi connectivity index (χ4v) is 2.08. The summed E-state index contributed by atoms with van der Waals surface area (Å²) in [5, 5.41) is 12.7. The lowest BCUT2D eigenvalue weighted by atomic mass is 10.1. The number of alkyl halides is 1. The van der Waals surface area contributed by atoms with E-state index in [9.17, 15) is 9.59 Å². The number of anilines is 1. The van der Waals surface area contributed by atoms with Crippen molar-refractivity contribution in [1.82, 2.24) is 15.5 Å². The Morgan fingerprint density at radius 2 is 2.00 bits per heavy atom. The van der Waals surface area contributed by atoms with Crippen LogP contribution in [0.25, 0.3) is 0 Å². The number of urea groups is 1. The predicted molar refractivity (Wildman–Crippen MR) is 70.9 cm³/mol. The molecule has 0 aliphatic heterocycles. The van der Waals surface area contributed by atoms with Gasteiger partial charge in [-0.3, -0.25) is 15.4 Å². The van der Waals surface area contributed by atoms with Gasteiger partial charge >= 0.3 is 6.03 Å². The van der Waals surface area contributed by atoms with Gasteiger partial charge in [0.05, 0.1) is 0 Å². The van der Waals surface area contributed by atoms with E-state index in [-0.39, 0.29) is 0 Å². The first-order chi connectivity index (χ1) is 8.38. The molecule has 0 saturated carbocycles. The third-order valence-electron chi connectivity index (χ3n) is 1.87. The van der Waals surface area contributed by atoms with Crippen LogP contribution in [0.4, 0.5) is 9.93 Å². The first-order valence-electron chi connectivity index (χ1n) is 5.46. The van der Waals surface area contributed by atoms with Crippen molar-refractivity contribution in [2.24, 2.45) is 5.92 Å². The molecule has 0 aliphatic rings. The van der Waals surface area contributed by atoms with Gasteiger partial charge in [0.1, 0.15) is 10.4 Å². The van der Waals surface area contributed by atoms with Crippen molar-refractivity contribution in [1.29, 1.82) is 0 Å². The molecule has 1 atom stereocenters. The predicted octanol–water partition coefficient (Wildman–Crippen LogP) is 2.01. The number of amides is 3.